The molecule has 1 amide bonds. The van der Waals surface area contributed by atoms with E-state index in [0.29, 0.717) is 27.0 Å². The van der Waals surface area contributed by atoms with Gasteiger partial charge in [-0.1, -0.05) is 55.1 Å². The number of thioether (sulfide) groups is 1. The SMILES string of the molecule is CCCSC1=NN2C(=c3ccccc3=N[C@H]2c2ccccc2F)C(=O)N1. The number of nitrogens with one attached hydrogen (secondary N) is 1. The summed E-state index contributed by atoms with van der Waals surface area (Å²) in [5.41, 5.74) is 0.780. The van der Waals surface area contributed by atoms with Crippen LogP contribution in [0.1, 0.15) is 25.1 Å². The minimum atomic E-state index is -0.718. The Morgan fingerprint density at radius 3 is 2.77 bits per heavy atom. The Morgan fingerprint density at radius 2 is 1.96 bits per heavy atom. The quantitative estimate of drug-likeness (QED) is 0.903. The van der Waals surface area contributed by atoms with Crippen molar-refractivity contribution in [1.29, 1.82) is 0 Å². The molecule has 2 aromatic rings. The normalized spacial score (nSPS) is 18.5. The van der Waals surface area contributed by atoms with E-state index in [4.69, 9.17) is 0 Å². The van der Waals surface area contributed by atoms with Gasteiger partial charge in [-0.25, -0.2) is 9.40 Å². The van der Waals surface area contributed by atoms with Crippen LogP contribution in [0.15, 0.2) is 58.6 Å². The molecule has 2 aliphatic heterocycles. The van der Waals surface area contributed by atoms with Crippen LogP contribution in [-0.4, -0.2) is 21.8 Å². The maximum atomic E-state index is 14.5. The second-order valence-corrected chi connectivity index (χ2v) is 7.03. The zero-order chi connectivity index (χ0) is 18.1. The maximum absolute atomic E-state index is 14.5. The molecule has 4 rings (SSSR count). The first-order chi connectivity index (χ1) is 12.7. The van der Waals surface area contributed by atoms with E-state index in [2.05, 4.69) is 22.3 Å². The summed E-state index contributed by atoms with van der Waals surface area (Å²) in [5, 5.41) is 10.8. The second-order valence-electron chi connectivity index (χ2n) is 5.94. The van der Waals surface area contributed by atoms with Crippen molar-refractivity contribution in [2.24, 2.45) is 10.1 Å². The lowest BCUT2D eigenvalue weighted by molar-refractivity contribution is -0.116. The van der Waals surface area contributed by atoms with Crippen LogP contribution in [-0.2, 0) is 4.79 Å². The Bertz CT molecular complexity index is 1020. The molecule has 0 fully saturated rings. The van der Waals surface area contributed by atoms with Crippen LogP contribution in [0, 0.1) is 5.82 Å². The fourth-order valence-corrected chi connectivity index (χ4v) is 3.69. The summed E-state index contributed by atoms with van der Waals surface area (Å²) in [6.45, 7) is 2.06. The molecule has 0 unspecified atom stereocenters. The van der Waals surface area contributed by atoms with Crippen molar-refractivity contribution in [3.63, 3.8) is 0 Å². The van der Waals surface area contributed by atoms with Crippen molar-refractivity contribution in [1.82, 2.24) is 10.3 Å². The van der Waals surface area contributed by atoms with E-state index in [1.54, 1.807) is 18.2 Å². The number of hydrogen-bond acceptors (Lipinski definition) is 5. The molecule has 26 heavy (non-hydrogen) atoms. The molecule has 0 bridgehead atoms. The maximum Gasteiger partial charge on any atom is 0.276 e. The monoisotopic (exact) mass is 368 g/mol. The van der Waals surface area contributed by atoms with Gasteiger partial charge in [-0.05, 0) is 18.6 Å². The highest BCUT2D eigenvalue weighted by Gasteiger charge is 2.35. The highest BCUT2D eigenvalue weighted by molar-refractivity contribution is 8.13. The number of amides is 1. The number of hydrazone groups is 1. The molecule has 2 heterocycles. The summed E-state index contributed by atoms with van der Waals surface area (Å²) in [7, 11) is 0. The molecule has 2 aliphatic rings. The lowest BCUT2D eigenvalue weighted by Crippen LogP contribution is -2.50. The predicted octanol–water partition coefficient (Wildman–Crippen LogP) is 2.11. The highest BCUT2D eigenvalue weighted by atomic mass is 32.2. The number of halogens is 1. The van der Waals surface area contributed by atoms with Crippen molar-refractivity contribution in [3.05, 3.63) is 70.5 Å². The first kappa shape index (κ1) is 16.8. The number of benzene rings is 2. The van der Waals surface area contributed by atoms with Gasteiger partial charge >= 0.3 is 0 Å². The van der Waals surface area contributed by atoms with Crippen LogP contribution in [0.4, 0.5) is 4.39 Å². The Balaban J connectivity index is 1.92. The number of carbonyl (C=O) groups excluding carboxylic acids is 1. The minimum absolute atomic E-state index is 0.248. The van der Waals surface area contributed by atoms with Crippen LogP contribution in [0.3, 0.4) is 0 Å². The van der Waals surface area contributed by atoms with E-state index in [1.807, 2.05) is 24.3 Å². The van der Waals surface area contributed by atoms with Gasteiger partial charge in [-0.3, -0.25) is 15.1 Å². The minimum Gasteiger partial charge on any atom is -0.298 e. The van der Waals surface area contributed by atoms with Gasteiger partial charge in [0.05, 0.1) is 5.36 Å². The van der Waals surface area contributed by atoms with Crippen molar-refractivity contribution < 1.29 is 9.18 Å². The average molecular weight is 368 g/mol. The first-order valence-corrected chi connectivity index (χ1v) is 9.41. The van der Waals surface area contributed by atoms with E-state index in [9.17, 15) is 9.18 Å². The molecule has 0 saturated heterocycles. The molecular formula is C19H17FN4OS. The van der Waals surface area contributed by atoms with Crippen LogP contribution in [0.25, 0.3) is 5.70 Å². The molecule has 0 aliphatic carbocycles. The number of hydrogen-bond donors (Lipinski definition) is 1. The van der Waals surface area contributed by atoms with Crippen LogP contribution in [0.2, 0.25) is 0 Å². The van der Waals surface area contributed by atoms with Crippen molar-refractivity contribution in [3.8, 4) is 0 Å². The van der Waals surface area contributed by atoms with Gasteiger partial charge in [0.25, 0.3) is 5.91 Å². The molecule has 0 radical (unpaired) electrons. The molecule has 7 heteroatoms. The molecule has 0 spiro atoms. The largest absolute Gasteiger partial charge is 0.298 e. The van der Waals surface area contributed by atoms with Gasteiger partial charge < -0.3 is 0 Å². The number of carbonyl (C=O) groups is 1. The smallest absolute Gasteiger partial charge is 0.276 e. The fraction of sp³-hybridized carbons (Fsp3) is 0.211. The van der Waals surface area contributed by atoms with E-state index in [0.717, 1.165) is 12.2 Å². The summed E-state index contributed by atoms with van der Waals surface area (Å²) < 4.78 is 14.5. The molecular weight excluding hydrogens is 351 g/mol. The van der Waals surface area contributed by atoms with Gasteiger partial charge in [0.2, 0.25) is 0 Å². The standard InChI is InChI=1S/C19H17FN4OS/c1-2-11-26-19-22-18(25)16-13-8-4-6-10-15(13)21-17(24(16)23-19)12-7-3-5-9-14(12)20/h3-10,17H,2,11H2,1H3,(H,22,23,25)/t17-/m1/s1. The van der Waals surface area contributed by atoms with Gasteiger partial charge in [0.1, 0.15) is 11.5 Å². The highest BCUT2D eigenvalue weighted by Crippen LogP contribution is 2.31. The van der Waals surface area contributed by atoms with Crippen LogP contribution < -0.4 is 15.9 Å². The lowest BCUT2D eigenvalue weighted by atomic mass is 10.1. The summed E-state index contributed by atoms with van der Waals surface area (Å²) in [6, 6.07) is 13.8. The number of nitrogens with zero attached hydrogens (tertiary/aromatic N) is 3. The number of fused-ring (bicyclic) bond motifs is 2. The Hall–Kier alpha value is -2.67. The second kappa shape index (κ2) is 6.92. The van der Waals surface area contributed by atoms with Gasteiger partial charge in [-0.2, -0.15) is 0 Å². The zero-order valence-electron chi connectivity index (χ0n) is 14.1. The molecule has 0 saturated carbocycles. The Kier molecular flexibility index (Phi) is 4.46. The third-order valence-corrected chi connectivity index (χ3v) is 5.21. The van der Waals surface area contributed by atoms with Crippen molar-refractivity contribution in [2.45, 2.75) is 19.5 Å². The summed E-state index contributed by atoms with van der Waals surface area (Å²) >= 11 is 1.47. The van der Waals surface area contributed by atoms with Crippen molar-refractivity contribution >= 4 is 28.5 Å². The van der Waals surface area contributed by atoms with Crippen molar-refractivity contribution in [2.75, 3.05) is 5.75 Å². The number of rotatable bonds is 3. The Labute approximate surface area is 154 Å². The van der Waals surface area contributed by atoms with E-state index >= 15 is 0 Å². The first-order valence-electron chi connectivity index (χ1n) is 8.42. The van der Waals surface area contributed by atoms with Gasteiger partial charge in [0.15, 0.2) is 11.3 Å². The van der Waals surface area contributed by atoms with Crippen LogP contribution >= 0.6 is 11.8 Å². The predicted molar refractivity (Wildman–Crippen MR) is 99.9 cm³/mol. The lowest BCUT2D eigenvalue weighted by Gasteiger charge is -2.34. The average Bonchev–Trinajstić information content (AvgIpc) is 2.66. The summed E-state index contributed by atoms with van der Waals surface area (Å²) in [6.07, 6.45) is 0.240. The zero-order valence-corrected chi connectivity index (χ0v) is 15.0. The van der Waals surface area contributed by atoms with Gasteiger partial charge in [0, 0.05) is 16.5 Å². The molecule has 1 N–H and O–H groups in total. The summed E-state index contributed by atoms with van der Waals surface area (Å²) in [5.74, 6) is 0.214. The number of para-hydroxylation sites is 1. The fourth-order valence-electron chi connectivity index (χ4n) is 2.98. The molecule has 5 nitrogen and oxygen atoms in total. The third kappa shape index (κ3) is 2.88. The number of amidine groups is 1. The Morgan fingerprint density at radius 1 is 1.19 bits per heavy atom. The molecule has 0 aromatic heterocycles. The van der Waals surface area contributed by atoms with Gasteiger partial charge in [-0.15, -0.1) is 5.10 Å². The van der Waals surface area contributed by atoms with Crippen LogP contribution in [0.5, 0.6) is 0 Å². The molecule has 1 atom stereocenters. The third-order valence-electron chi connectivity index (χ3n) is 4.14. The topological polar surface area (TPSA) is 57.1 Å². The van der Waals surface area contributed by atoms with E-state index in [1.165, 1.54) is 22.8 Å². The molecule has 132 valence electrons. The molecule has 2 aromatic carbocycles. The van der Waals surface area contributed by atoms with E-state index < -0.39 is 6.17 Å². The summed E-state index contributed by atoms with van der Waals surface area (Å²) in [4.78, 5) is 17.5. The van der Waals surface area contributed by atoms with E-state index in [-0.39, 0.29) is 11.7 Å².